The van der Waals surface area contributed by atoms with E-state index in [1.807, 2.05) is 36.5 Å². The molecule has 0 fully saturated rings. The van der Waals surface area contributed by atoms with Crippen LogP contribution in [0.5, 0.6) is 0 Å². The number of hydrogen-bond donors (Lipinski definition) is 1. The largest absolute Gasteiger partial charge is 0.326 e. The number of aryl methyl sites for hydroxylation is 1. The first-order chi connectivity index (χ1) is 13.3. The maximum Gasteiger partial charge on any atom is 0.312 e. The van der Waals surface area contributed by atoms with Gasteiger partial charge in [0.15, 0.2) is 0 Å². The monoisotopic (exact) mass is 382 g/mol. The van der Waals surface area contributed by atoms with E-state index in [9.17, 15) is 14.9 Å². The highest BCUT2D eigenvalue weighted by atomic mass is 16.6. The van der Waals surface area contributed by atoms with Crippen molar-refractivity contribution in [1.82, 2.24) is 19.6 Å². The van der Waals surface area contributed by atoms with Crippen molar-refractivity contribution in [3.63, 3.8) is 0 Å². The van der Waals surface area contributed by atoms with E-state index in [1.165, 1.54) is 4.68 Å². The van der Waals surface area contributed by atoms with Gasteiger partial charge in [0, 0.05) is 18.1 Å². The summed E-state index contributed by atoms with van der Waals surface area (Å²) in [4.78, 5) is 23.3. The third-order valence-electron chi connectivity index (χ3n) is 4.52. The van der Waals surface area contributed by atoms with Gasteiger partial charge in [0.25, 0.3) is 0 Å². The van der Waals surface area contributed by atoms with Gasteiger partial charge >= 0.3 is 5.69 Å². The van der Waals surface area contributed by atoms with Crippen LogP contribution in [-0.4, -0.2) is 30.4 Å². The summed E-state index contributed by atoms with van der Waals surface area (Å²) in [5.41, 5.74) is 2.51. The lowest BCUT2D eigenvalue weighted by Gasteiger charge is -2.14. The number of nitrogens with zero attached hydrogens (tertiary/aromatic N) is 5. The molecule has 2 aromatic heterocycles. The molecule has 0 aliphatic heterocycles. The molecule has 28 heavy (non-hydrogen) atoms. The smallest absolute Gasteiger partial charge is 0.312 e. The zero-order chi connectivity index (χ0) is 20.3. The standard InChI is InChI=1S/C19H22N6O3/c1-13(11-24-15(3)18(25(27)28)14(2)22-24)19(26)21-17-7-4-6-16(10-17)12-23-9-5-8-20-23/h4-10,13H,11-12H2,1-3H3,(H,21,26). The maximum atomic E-state index is 12.6. The fourth-order valence-corrected chi connectivity index (χ4v) is 3.07. The minimum absolute atomic E-state index is 0.000990. The second kappa shape index (κ2) is 8.03. The number of aromatic nitrogens is 4. The Morgan fingerprint density at radius 2 is 2.11 bits per heavy atom. The van der Waals surface area contributed by atoms with Crippen molar-refractivity contribution in [2.45, 2.75) is 33.9 Å². The molecule has 9 heteroatoms. The summed E-state index contributed by atoms with van der Waals surface area (Å²) >= 11 is 0. The summed E-state index contributed by atoms with van der Waals surface area (Å²) in [6.07, 6.45) is 3.59. The average molecular weight is 382 g/mol. The number of carbonyl (C=O) groups is 1. The van der Waals surface area contributed by atoms with Crippen LogP contribution in [-0.2, 0) is 17.9 Å². The van der Waals surface area contributed by atoms with Crippen LogP contribution in [0.25, 0.3) is 0 Å². The quantitative estimate of drug-likeness (QED) is 0.499. The van der Waals surface area contributed by atoms with Crippen LogP contribution in [0.4, 0.5) is 11.4 Å². The molecule has 1 N–H and O–H groups in total. The van der Waals surface area contributed by atoms with Gasteiger partial charge in [0.2, 0.25) is 5.91 Å². The van der Waals surface area contributed by atoms with Crippen molar-refractivity contribution in [2.75, 3.05) is 5.32 Å². The van der Waals surface area contributed by atoms with Crippen LogP contribution in [0.3, 0.4) is 0 Å². The van der Waals surface area contributed by atoms with E-state index in [4.69, 9.17) is 0 Å². The third-order valence-corrected chi connectivity index (χ3v) is 4.52. The first-order valence-corrected chi connectivity index (χ1v) is 8.90. The van der Waals surface area contributed by atoms with E-state index in [0.29, 0.717) is 23.6 Å². The van der Waals surface area contributed by atoms with E-state index in [0.717, 1.165) is 5.56 Å². The van der Waals surface area contributed by atoms with Crippen molar-refractivity contribution < 1.29 is 9.72 Å². The highest BCUT2D eigenvalue weighted by molar-refractivity contribution is 5.92. The molecule has 0 saturated heterocycles. The average Bonchev–Trinajstić information content (AvgIpc) is 3.23. The predicted molar refractivity (Wildman–Crippen MR) is 104 cm³/mol. The van der Waals surface area contributed by atoms with E-state index < -0.39 is 10.8 Å². The Kier molecular flexibility index (Phi) is 5.53. The summed E-state index contributed by atoms with van der Waals surface area (Å²) in [7, 11) is 0. The molecule has 3 aromatic rings. The van der Waals surface area contributed by atoms with Gasteiger partial charge in [-0.3, -0.25) is 24.3 Å². The van der Waals surface area contributed by atoms with Crippen LogP contribution < -0.4 is 5.32 Å². The molecule has 1 unspecified atom stereocenters. The molecule has 0 radical (unpaired) electrons. The molecule has 146 valence electrons. The van der Waals surface area contributed by atoms with Gasteiger partial charge in [-0.15, -0.1) is 0 Å². The Morgan fingerprint density at radius 3 is 2.75 bits per heavy atom. The molecule has 1 aromatic carbocycles. The summed E-state index contributed by atoms with van der Waals surface area (Å²) < 4.78 is 3.32. The molecular weight excluding hydrogens is 360 g/mol. The van der Waals surface area contributed by atoms with Crippen molar-refractivity contribution in [3.05, 3.63) is 69.8 Å². The van der Waals surface area contributed by atoms with E-state index in [1.54, 1.807) is 31.6 Å². The minimum atomic E-state index is -0.440. The van der Waals surface area contributed by atoms with Gasteiger partial charge < -0.3 is 5.32 Å². The molecule has 0 bridgehead atoms. The number of benzene rings is 1. The van der Waals surface area contributed by atoms with Crippen LogP contribution in [0, 0.1) is 29.9 Å². The fourth-order valence-electron chi connectivity index (χ4n) is 3.07. The first-order valence-electron chi connectivity index (χ1n) is 8.90. The molecule has 0 aliphatic carbocycles. The second-order valence-corrected chi connectivity index (χ2v) is 6.75. The molecule has 1 atom stereocenters. The van der Waals surface area contributed by atoms with Gasteiger partial charge in [-0.2, -0.15) is 10.2 Å². The predicted octanol–water partition coefficient (Wildman–Crippen LogP) is 2.93. The van der Waals surface area contributed by atoms with Crippen molar-refractivity contribution in [3.8, 4) is 0 Å². The molecular formula is C19H22N6O3. The summed E-state index contributed by atoms with van der Waals surface area (Å²) in [5, 5.41) is 22.4. The highest BCUT2D eigenvalue weighted by Gasteiger charge is 2.24. The lowest BCUT2D eigenvalue weighted by Crippen LogP contribution is -2.25. The number of nitrogens with one attached hydrogen (secondary N) is 1. The van der Waals surface area contributed by atoms with Crippen molar-refractivity contribution in [2.24, 2.45) is 5.92 Å². The Bertz CT molecular complexity index is 993. The Morgan fingerprint density at radius 1 is 1.32 bits per heavy atom. The van der Waals surface area contributed by atoms with Gasteiger partial charge in [0.05, 0.1) is 23.9 Å². The first kappa shape index (κ1) is 19.3. The zero-order valence-corrected chi connectivity index (χ0v) is 16.0. The minimum Gasteiger partial charge on any atom is -0.326 e. The summed E-state index contributed by atoms with van der Waals surface area (Å²) in [6, 6.07) is 9.43. The topological polar surface area (TPSA) is 108 Å². The van der Waals surface area contributed by atoms with Crippen LogP contribution >= 0.6 is 0 Å². The zero-order valence-electron chi connectivity index (χ0n) is 16.0. The van der Waals surface area contributed by atoms with Crippen LogP contribution in [0.15, 0.2) is 42.7 Å². The number of hydrogen-bond acceptors (Lipinski definition) is 5. The maximum absolute atomic E-state index is 12.6. The van der Waals surface area contributed by atoms with E-state index in [-0.39, 0.29) is 18.1 Å². The number of amides is 1. The molecule has 1 amide bonds. The van der Waals surface area contributed by atoms with Crippen LogP contribution in [0.1, 0.15) is 23.9 Å². The third kappa shape index (κ3) is 4.25. The number of rotatable bonds is 7. The molecule has 2 heterocycles. The van der Waals surface area contributed by atoms with Gasteiger partial charge in [0.1, 0.15) is 11.4 Å². The molecule has 9 nitrogen and oxygen atoms in total. The van der Waals surface area contributed by atoms with Crippen molar-refractivity contribution >= 4 is 17.3 Å². The number of nitro groups is 1. The lowest BCUT2D eigenvalue weighted by atomic mass is 10.1. The van der Waals surface area contributed by atoms with E-state index >= 15 is 0 Å². The normalized spacial score (nSPS) is 12.0. The molecule has 0 aliphatic rings. The Balaban J connectivity index is 1.66. The van der Waals surface area contributed by atoms with Gasteiger partial charge in [-0.05, 0) is 37.6 Å². The summed E-state index contributed by atoms with van der Waals surface area (Å²) in [6.45, 7) is 5.88. The summed E-state index contributed by atoms with van der Waals surface area (Å²) in [5.74, 6) is -0.584. The Labute approximate surface area is 162 Å². The lowest BCUT2D eigenvalue weighted by molar-refractivity contribution is -0.386. The second-order valence-electron chi connectivity index (χ2n) is 6.75. The van der Waals surface area contributed by atoms with Gasteiger partial charge in [-0.25, -0.2) is 0 Å². The fraction of sp³-hybridized carbons (Fsp3) is 0.316. The van der Waals surface area contributed by atoms with E-state index in [2.05, 4.69) is 15.5 Å². The molecule has 0 spiro atoms. The van der Waals surface area contributed by atoms with Crippen molar-refractivity contribution in [1.29, 1.82) is 0 Å². The highest BCUT2D eigenvalue weighted by Crippen LogP contribution is 2.23. The van der Waals surface area contributed by atoms with Gasteiger partial charge in [-0.1, -0.05) is 19.1 Å². The molecule has 3 rings (SSSR count). The number of carbonyl (C=O) groups excluding carboxylic acids is 1. The van der Waals surface area contributed by atoms with Crippen LogP contribution in [0.2, 0.25) is 0 Å². The number of anilines is 1. The SMILES string of the molecule is Cc1nn(CC(C)C(=O)Nc2cccc(Cn3cccn3)c2)c(C)c1[N+](=O)[O-]. The Hall–Kier alpha value is -3.49. The molecule has 0 saturated carbocycles.